The third-order valence-electron chi connectivity index (χ3n) is 7.45. The molecule has 1 rings (SSSR count). The molecular formula is C33H57N3O8. The van der Waals surface area contributed by atoms with Crippen molar-refractivity contribution in [2.75, 3.05) is 27.4 Å². The smallest absolute Gasteiger partial charge is 0.407 e. The molecule has 0 aliphatic carbocycles. The van der Waals surface area contributed by atoms with Crippen molar-refractivity contribution >= 4 is 17.9 Å². The number of alkyl carbamates (subject to hydrolysis) is 1. The molecule has 0 aromatic heterocycles. The van der Waals surface area contributed by atoms with E-state index < -0.39 is 47.6 Å². The van der Waals surface area contributed by atoms with Gasteiger partial charge in [-0.25, -0.2) is 4.79 Å². The van der Waals surface area contributed by atoms with Crippen molar-refractivity contribution in [1.29, 1.82) is 0 Å². The maximum absolute atomic E-state index is 13.6. The predicted octanol–water partition coefficient (Wildman–Crippen LogP) is 4.83. The Kier molecular flexibility index (Phi) is 17.1. The Bertz CT molecular complexity index is 1030. The number of methoxy groups -OCH3 is 2. The number of primary amides is 1. The number of aliphatic hydroxyl groups excluding tert-OH is 1. The Morgan fingerprint density at radius 1 is 1.00 bits per heavy atom. The molecule has 0 saturated carbocycles. The molecule has 0 spiro atoms. The Morgan fingerprint density at radius 3 is 2.23 bits per heavy atom. The first-order valence-corrected chi connectivity index (χ1v) is 15.7. The van der Waals surface area contributed by atoms with Crippen molar-refractivity contribution in [2.24, 2.45) is 23.5 Å². The Labute approximate surface area is 263 Å². The van der Waals surface area contributed by atoms with E-state index in [1.54, 1.807) is 46.1 Å². The molecule has 0 fully saturated rings. The van der Waals surface area contributed by atoms with Crippen LogP contribution in [0.25, 0.3) is 0 Å². The van der Waals surface area contributed by atoms with Crippen LogP contribution in [0.4, 0.5) is 4.79 Å². The molecule has 5 N–H and O–H groups in total. The van der Waals surface area contributed by atoms with Crippen LogP contribution >= 0.6 is 0 Å². The predicted molar refractivity (Wildman–Crippen MR) is 171 cm³/mol. The van der Waals surface area contributed by atoms with Gasteiger partial charge in [0.15, 0.2) is 11.5 Å². The second-order valence-corrected chi connectivity index (χ2v) is 12.8. The minimum Gasteiger partial charge on any atom is -0.493 e. The Balaban J connectivity index is 3.34. The number of hydrogen-bond donors (Lipinski definition) is 4. The lowest BCUT2D eigenvalue weighted by atomic mass is 9.80. The number of para-hydroxylation sites is 1. The molecule has 3 amide bonds. The Hall–Kier alpha value is -3.05. The van der Waals surface area contributed by atoms with E-state index >= 15 is 0 Å². The highest BCUT2D eigenvalue weighted by molar-refractivity contribution is 6.00. The molecule has 1 unspecified atom stereocenters. The number of amides is 3. The number of nitrogens with one attached hydrogen (secondary N) is 2. The first kappa shape index (κ1) is 39.0. The van der Waals surface area contributed by atoms with Crippen LogP contribution in [-0.4, -0.2) is 74.2 Å². The van der Waals surface area contributed by atoms with E-state index in [1.807, 2.05) is 13.8 Å². The first-order valence-electron chi connectivity index (χ1n) is 15.7. The van der Waals surface area contributed by atoms with Gasteiger partial charge in [0, 0.05) is 20.1 Å². The van der Waals surface area contributed by atoms with Gasteiger partial charge in [-0.3, -0.25) is 9.59 Å². The summed E-state index contributed by atoms with van der Waals surface area (Å²) in [6.07, 6.45) is 2.66. The normalized spacial score (nSPS) is 15.1. The number of benzene rings is 1. The average molecular weight is 624 g/mol. The van der Waals surface area contributed by atoms with Gasteiger partial charge in [-0.1, -0.05) is 53.0 Å². The fourth-order valence-corrected chi connectivity index (χ4v) is 5.09. The molecule has 11 heteroatoms. The fourth-order valence-electron chi connectivity index (χ4n) is 5.09. The summed E-state index contributed by atoms with van der Waals surface area (Å²) >= 11 is 0. The van der Waals surface area contributed by atoms with Crippen molar-refractivity contribution in [3.63, 3.8) is 0 Å². The fraction of sp³-hybridized carbons (Fsp3) is 0.727. The summed E-state index contributed by atoms with van der Waals surface area (Å²) in [5.41, 5.74) is 5.33. The van der Waals surface area contributed by atoms with E-state index in [4.69, 9.17) is 24.7 Å². The van der Waals surface area contributed by atoms with Gasteiger partial charge in [0.2, 0.25) is 5.91 Å². The Morgan fingerprint density at radius 2 is 1.68 bits per heavy atom. The molecule has 11 nitrogen and oxygen atoms in total. The minimum atomic E-state index is -1.11. The van der Waals surface area contributed by atoms with Crippen LogP contribution in [0.15, 0.2) is 18.2 Å². The maximum Gasteiger partial charge on any atom is 0.407 e. The lowest BCUT2D eigenvalue weighted by Crippen LogP contribution is -2.54. The number of hydrogen-bond acceptors (Lipinski definition) is 8. The maximum atomic E-state index is 13.6. The van der Waals surface area contributed by atoms with Gasteiger partial charge >= 0.3 is 6.09 Å². The summed E-state index contributed by atoms with van der Waals surface area (Å²) in [5.74, 6) is -1.16. The summed E-state index contributed by atoms with van der Waals surface area (Å²) in [6, 6.07) is 3.06. The molecule has 0 aliphatic rings. The number of unbranched alkanes of at least 4 members (excludes halogenated alkanes) is 1. The van der Waals surface area contributed by atoms with Crippen molar-refractivity contribution < 1.29 is 38.4 Å². The van der Waals surface area contributed by atoms with Crippen molar-refractivity contribution in [3.05, 3.63) is 23.8 Å². The van der Waals surface area contributed by atoms with Crippen LogP contribution in [-0.2, 0) is 14.3 Å². The number of carbonyl (C=O) groups is 3. The van der Waals surface area contributed by atoms with Gasteiger partial charge in [-0.15, -0.1) is 0 Å². The number of nitrogens with two attached hydrogens (primary N) is 1. The largest absolute Gasteiger partial charge is 0.493 e. The molecule has 0 saturated heterocycles. The van der Waals surface area contributed by atoms with E-state index in [-0.39, 0.29) is 36.2 Å². The quantitative estimate of drug-likeness (QED) is 0.150. The second kappa shape index (κ2) is 19.4. The zero-order valence-electron chi connectivity index (χ0n) is 28.2. The molecule has 0 bridgehead atoms. The van der Waals surface area contributed by atoms with Crippen LogP contribution in [0, 0.1) is 17.8 Å². The number of aliphatic hydroxyl groups is 1. The highest BCUT2D eigenvalue weighted by Gasteiger charge is 2.36. The zero-order valence-corrected chi connectivity index (χ0v) is 28.2. The van der Waals surface area contributed by atoms with E-state index in [0.717, 1.165) is 19.3 Å². The molecular weight excluding hydrogens is 566 g/mol. The van der Waals surface area contributed by atoms with Crippen LogP contribution < -0.4 is 25.8 Å². The van der Waals surface area contributed by atoms with Crippen molar-refractivity contribution in [2.45, 2.75) is 111 Å². The average Bonchev–Trinajstić information content (AvgIpc) is 2.93. The molecule has 1 aromatic carbocycles. The summed E-state index contributed by atoms with van der Waals surface area (Å²) in [4.78, 5) is 39.4. The van der Waals surface area contributed by atoms with Gasteiger partial charge in [-0.2, -0.15) is 0 Å². The first-order chi connectivity index (χ1) is 20.6. The van der Waals surface area contributed by atoms with Gasteiger partial charge in [0.1, 0.15) is 11.6 Å². The van der Waals surface area contributed by atoms with E-state index in [9.17, 15) is 19.5 Å². The number of carbonyl (C=O) groups excluding carboxylic acids is 3. The second-order valence-electron chi connectivity index (χ2n) is 12.8. The molecule has 0 aliphatic heterocycles. The van der Waals surface area contributed by atoms with Crippen LogP contribution in [0.3, 0.4) is 0 Å². The third kappa shape index (κ3) is 13.7. The number of rotatable bonds is 20. The van der Waals surface area contributed by atoms with Gasteiger partial charge in [0.25, 0.3) is 5.91 Å². The van der Waals surface area contributed by atoms with E-state index in [0.29, 0.717) is 25.2 Å². The minimum absolute atomic E-state index is 0.157. The molecule has 0 radical (unpaired) electrons. The topological polar surface area (TPSA) is 158 Å². The standard InChI is InChI=1S/C33H57N3O8/c1-10-11-14-22(4)19-26(37)25(35-32(40)44-33(5,6)7)20-24(21(2)3)28(30(34)38)36-31(39)23-15-12-16-27(42-9)29(23)43-18-13-17-41-8/h12,15-16,21-22,24-26,28,37H,10-11,13-14,17-20H2,1-9H3,(H2,34,38)(H,35,40)(H,36,39)/t22-,24+,25+,26+,28?/m1/s1. The lowest BCUT2D eigenvalue weighted by Gasteiger charge is -2.35. The zero-order chi connectivity index (χ0) is 33.4. The van der Waals surface area contributed by atoms with Crippen LogP contribution in [0.2, 0.25) is 0 Å². The van der Waals surface area contributed by atoms with Crippen LogP contribution in [0.5, 0.6) is 11.5 Å². The van der Waals surface area contributed by atoms with E-state index in [1.165, 1.54) is 7.11 Å². The summed E-state index contributed by atoms with van der Waals surface area (Å²) in [5, 5.41) is 17.0. The highest BCUT2D eigenvalue weighted by atomic mass is 16.6. The molecule has 0 heterocycles. The monoisotopic (exact) mass is 623 g/mol. The SMILES string of the molecule is CCCC[C@@H](C)C[C@H](O)[C@H](C[C@@H](C(C)C)C(NC(=O)c1cccc(OC)c1OCCCOC)C(N)=O)NC(=O)OC(C)(C)C. The lowest BCUT2D eigenvalue weighted by molar-refractivity contribution is -0.121. The van der Waals surface area contributed by atoms with Gasteiger partial charge in [0.05, 0.1) is 31.4 Å². The van der Waals surface area contributed by atoms with E-state index in [2.05, 4.69) is 24.5 Å². The molecule has 5 atom stereocenters. The molecule has 252 valence electrons. The summed E-state index contributed by atoms with van der Waals surface area (Å²) < 4.78 is 21.9. The van der Waals surface area contributed by atoms with Crippen LogP contribution in [0.1, 0.15) is 97.3 Å². The van der Waals surface area contributed by atoms with Crippen molar-refractivity contribution in [3.8, 4) is 11.5 Å². The third-order valence-corrected chi connectivity index (χ3v) is 7.45. The van der Waals surface area contributed by atoms with Crippen molar-refractivity contribution in [1.82, 2.24) is 10.6 Å². The highest BCUT2D eigenvalue weighted by Crippen LogP contribution is 2.32. The summed E-state index contributed by atoms with van der Waals surface area (Å²) in [6.45, 7) is 14.0. The van der Waals surface area contributed by atoms with Gasteiger partial charge in [-0.05, 0) is 63.5 Å². The number of ether oxygens (including phenoxy) is 4. The summed E-state index contributed by atoms with van der Waals surface area (Å²) in [7, 11) is 3.07. The molecule has 44 heavy (non-hydrogen) atoms. The van der Waals surface area contributed by atoms with Gasteiger partial charge < -0.3 is 40.4 Å². The molecule has 1 aromatic rings.